The standard InChI is InChI=1S/C20H25N3O4/c1-23-19(25)14-9-7-6-8-13(14)17(22-23)12-18(24)21-16-11-5-3-2-4-10-15(16)20(26)27/h6-9,15-16H,2-5,10-12H2,1H3,(H,21,24)(H,26,27). The number of aromatic nitrogens is 2. The molecular formula is C20H25N3O4. The highest BCUT2D eigenvalue weighted by molar-refractivity contribution is 5.88. The van der Waals surface area contributed by atoms with Crippen LogP contribution in [0, 0.1) is 5.92 Å². The third-order valence-corrected chi connectivity index (χ3v) is 5.29. The van der Waals surface area contributed by atoms with Crippen LogP contribution in [0.5, 0.6) is 0 Å². The largest absolute Gasteiger partial charge is 0.481 e. The number of carboxylic acids is 1. The van der Waals surface area contributed by atoms with Crippen LogP contribution < -0.4 is 10.9 Å². The molecule has 1 aromatic carbocycles. The summed E-state index contributed by atoms with van der Waals surface area (Å²) < 4.78 is 1.24. The maximum absolute atomic E-state index is 12.7. The maximum Gasteiger partial charge on any atom is 0.308 e. The van der Waals surface area contributed by atoms with Crippen LogP contribution in [0.1, 0.15) is 44.2 Å². The van der Waals surface area contributed by atoms with Crippen molar-refractivity contribution in [3.8, 4) is 0 Å². The number of nitrogens with one attached hydrogen (secondary N) is 1. The molecule has 1 aliphatic carbocycles. The van der Waals surface area contributed by atoms with Gasteiger partial charge in [-0.1, -0.05) is 43.9 Å². The summed E-state index contributed by atoms with van der Waals surface area (Å²) in [7, 11) is 1.56. The Labute approximate surface area is 157 Å². The molecule has 0 aliphatic heterocycles. The number of aliphatic carboxylic acids is 1. The van der Waals surface area contributed by atoms with Gasteiger partial charge in [0.25, 0.3) is 5.56 Å². The van der Waals surface area contributed by atoms with Crippen LogP contribution in [0.15, 0.2) is 29.1 Å². The lowest BCUT2D eigenvalue weighted by Gasteiger charge is -2.27. The highest BCUT2D eigenvalue weighted by atomic mass is 16.4. The molecular weight excluding hydrogens is 346 g/mol. The summed E-state index contributed by atoms with van der Waals surface area (Å²) in [5.41, 5.74) is 0.309. The molecule has 0 bridgehead atoms. The van der Waals surface area contributed by atoms with Crippen molar-refractivity contribution < 1.29 is 14.7 Å². The first-order chi connectivity index (χ1) is 13.0. The number of rotatable bonds is 4. The van der Waals surface area contributed by atoms with E-state index in [1.165, 1.54) is 4.68 Å². The molecule has 1 saturated carbocycles. The van der Waals surface area contributed by atoms with E-state index >= 15 is 0 Å². The number of carboxylic acid groups (broad SMARTS) is 1. The summed E-state index contributed by atoms with van der Waals surface area (Å²) in [6.07, 6.45) is 5.15. The molecule has 144 valence electrons. The van der Waals surface area contributed by atoms with Crippen molar-refractivity contribution in [3.63, 3.8) is 0 Å². The second-order valence-electron chi connectivity index (χ2n) is 7.21. The minimum atomic E-state index is -0.854. The SMILES string of the molecule is Cn1nc(CC(=O)NC2CCCCCCC2C(=O)O)c2ccccc2c1=O. The number of fused-ring (bicyclic) bond motifs is 1. The Bertz CT molecular complexity index is 906. The number of amides is 1. The van der Waals surface area contributed by atoms with Gasteiger partial charge in [-0.2, -0.15) is 5.10 Å². The molecule has 1 aliphatic rings. The zero-order valence-corrected chi connectivity index (χ0v) is 15.5. The smallest absolute Gasteiger partial charge is 0.308 e. The molecule has 2 N–H and O–H groups in total. The van der Waals surface area contributed by atoms with E-state index in [4.69, 9.17) is 0 Å². The number of aryl methyl sites for hydroxylation is 1. The van der Waals surface area contributed by atoms with Crippen LogP contribution in [0.25, 0.3) is 10.8 Å². The van der Waals surface area contributed by atoms with Crippen molar-refractivity contribution in [3.05, 3.63) is 40.3 Å². The molecule has 7 heteroatoms. The predicted octanol–water partition coefficient (Wildman–Crippen LogP) is 2.02. The number of carbonyl (C=O) groups excluding carboxylic acids is 1. The van der Waals surface area contributed by atoms with E-state index in [9.17, 15) is 19.5 Å². The third-order valence-electron chi connectivity index (χ3n) is 5.29. The first-order valence-electron chi connectivity index (χ1n) is 9.44. The Morgan fingerprint density at radius 2 is 1.81 bits per heavy atom. The molecule has 1 fully saturated rings. The first-order valence-corrected chi connectivity index (χ1v) is 9.44. The zero-order chi connectivity index (χ0) is 19.4. The molecule has 27 heavy (non-hydrogen) atoms. The number of nitrogens with zero attached hydrogens (tertiary/aromatic N) is 2. The number of benzene rings is 1. The minimum absolute atomic E-state index is 0.0114. The van der Waals surface area contributed by atoms with Crippen LogP contribution in [0.3, 0.4) is 0 Å². The minimum Gasteiger partial charge on any atom is -0.481 e. The van der Waals surface area contributed by atoms with E-state index in [1.54, 1.807) is 31.3 Å². The third kappa shape index (κ3) is 4.35. The predicted molar refractivity (Wildman–Crippen MR) is 101 cm³/mol. The lowest BCUT2D eigenvalue weighted by Crippen LogP contribution is -2.44. The van der Waals surface area contributed by atoms with Gasteiger partial charge in [-0.15, -0.1) is 0 Å². The van der Waals surface area contributed by atoms with E-state index in [-0.39, 0.29) is 23.9 Å². The normalized spacial score (nSPS) is 20.6. The topological polar surface area (TPSA) is 101 Å². The number of hydrogen-bond acceptors (Lipinski definition) is 4. The number of carbonyl (C=O) groups is 2. The molecule has 0 spiro atoms. The van der Waals surface area contributed by atoms with E-state index in [0.29, 0.717) is 29.3 Å². The van der Waals surface area contributed by atoms with Gasteiger partial charge in [-0.3, -0.25) is 14.4 Å². The van der Waals surface area contributed by atoms with E-state index < -0.39 is 11.9 Å². The summed E-state index contributed by atoms with van der Waals surface area (Å²) in [5, 5.41) is 17.9. The van der Waals surface area contributed by atoms with Crippen LogP contribution >= 0.6 is 0 Å². The van der Waals surface area contributed by atoms with Crippen molar-refractivity contribution in [1.82, 2.24) is 15.1 Å². The average molecular weight is 371 g/mol. The molecule has 0 saturated heterocycles. The van der Waals surface area contributed by atoms with Crippen molar-refractivity contribution in [2.75, 3.05) is 0 Å². The molecule has 1 amide bonds. The molecule has 0 radical (unpaired) electrons. The average Bonchev–Trinajstić information content (AvgIpc) is 2.61. The van der Waals surface area contributed by atoms with Gasteiger partial charge in [0, 0.05) is 18.5 Å². The summed E-state index contributed by atoms with van der Waals surface area (Å²) >= 11 is 0. The molecule has 2 atom stereocenters. The van der Waals surface area contributed by atoms with E-state index in [1.807, 2.05) is 0 Å². The quantitative estimate of drug-likeness (QED) is 0.856. The Morgan fingerprint density at radius 3 is 2.52 bits per heavy atom. The van der Waals surface area contributed by atoms with Gasteiger partial charge in [0.2, 0.25) is 5.91 Å². The lowest BCUT2D eigenvalue weighted by molar-refractivity contribution is -0.143. The van der Waals surface area contributed by atoms with Gasteiger partial charge in [0.05, 0.1) is 23.4 Å². The fraction of sp³-hybridized carbons (Fsp3) is 0.500. The Kier molecular flexibility index (Phi) is 5.88. The van der Waals surface area contributed by atoms with Crippen molar-refractivity contribution >= 4 is 22.6 Å². The molecule has 2 aromatic rings. The highest BCUT2D eigenvalue weighted by Crippen LogP contribution is 2.23. The van der Waals surface area contributed by atoms with Crippen molar-refractivity contribution in [1.29, 1.82) is 0 Å². The monoisotopic (exact) mass is 371 g/mol. The summed E-state index contributed by atoms with van der Waals surface area (Å²) in [4.78, 5) is 36.5. The molecule has 7 nitrogen and oxygen atoms in total. The van der Waals surface area contributed by atoms with Crippen LogP contribution in [0.2, 0.25) is 0 Å². The van der Waals surface area contributed by atoms with Crippen molar-refractivity contribution in [2.45, 2.75) is 51.0 Å². The van der Waals surface area contributed by atoms with Gasteiger partial charge in [-0.05, 0) is 18.9 Å². The van der Waals surface area contributed by atoms with Gasteiger partial charge in [-0.25, -0.2) is 4.68 Å². The van der Waals surface area contributed by atoms with Crippen molar-refractivity contribution in [2.24, 2.45) is 13.0 Å². The molecule has 3 rings (SSSR count). The zero-order valence-electron chi connectivity index (χ0n) is 15.5. The van der Waals surface area contributed by atoms with Crippen LogP contribution in [-0.4, -0.2) is 32.8 Å². The van der Waals surface area contributed by atoms with Crippen LogP contribution in [0.4, 0.5) is 0 Å². The summed E-state index contributed by atoms with van der Waals surface area (Å²) in [6.45, 7) is 0. The maximum atomic E-state index is 12.7. The first kappa shape index (κ1) is 19.1. The van der Waals surface area contributed by atoms with Gasteiger partial charge >= 0.3 is 5.97 Å². The van der Waals surface area contributed by atoms with Gasteiger partial charge in [0.15, 0.2) is 0 Å². The fourth-order valence-corrected chi connectivity index (χ4v) is 3.87. The number of hydrogen-bond donors (Lipinski definition) is 2. The Balaban J connectivity index is 1.81. The molecule has 1 aromatic heterocycles. The summed E-state index contributed by atoms with van der Waals surface area (Å²) in [6, 6.07) is 6.71. The van der Waals surface area contributed by atoms with Crippen LogP contribution in [-0.2, 0) is 23.1 Å². The highest BCUT2D eigenvalue weighted by Gasteiger charge is 2.30. The second-order valence-corrected chi connectivity index (χ2v) is 7.21. The Hall–Kier alpha value is -2.70. The van der Waals surface area contributed by atoms with Gasteiger partial charge in [0.1, 0.15) is 0 Å². The lowest BCUT2D eigenvalue weighted by atomic mass is 9.86. The Morgan fingerprint density at radius 1 is 1.15 bits per heavy atom. The molecule has 2 unspecified atom stereocenters. The summed E-state index contributed by atoms with van der Waals surface area (Å²) in [5.74, 6) is -1.67. The fourth-order valence-electron chi connectivity index (χ4n) is 3.87. The molecule has 1 heterocycles. The second kappa shape index (κ2) is 8.33. The van der Waals surface area contributed by atoms with Gasteiger partial charge < -0.3 is 10.4 Å². The van der Waals surface area contributed by atoms with E-state index in [2.05, 4.69) is 10.4 Å². The van der Waals surface area contributed by atoms with E-state index in [0.717, 1.165) is 25.7 Å².